The van der Waals surface area contributed by atoms with Crippen LogP contribution < -0.4 is 5.32 Å². The van der Waals surface area contributed by atoms with Crippen LogP contribution in [0.4, 0.5) is 20.3 Å². The van der Waals surface area contributed by atoms with Crippen LogP contribution >= 0.6 is 0 Å². The number of H-pyrrole nitrogens is 2. The van der Waals surface area contributed by atoms with Crippen molar-refractivity contribution in [2.45, 2.75) is 5.92 Å². The summed E-state index contributed by atoms with van der Waals surface area (Å²) in [5.41, 5.74) is 4.67. The van der Waals surface area contributed by atoms with Crippen LogP contribution in [0.2, 0.25) is 0 Å². The fraction of sp³-hybridized carbons (Fsp3) is 0.125. The molecule has 1 saturated heterocycles. The first-order chi connectivity index (χ1) is 16.9. The Bertz CT molecular complexity index is 1520. The number of aromatic nitrogens is 6. The molecule has 0 unspecified atom stereocenters. The molecule has 4 heterocycles. The monoisotopic (exact) mass is 472 g/mol. The lowest BCUT2D eigenvalue weighted by atomic mass is 10.1. The van der Waals surface area contributed by atoms with Gasteiger partial charge in [-0.1, -0.05) is 12.1 Å². The number of benzene rings is 2. The molecule has 0 atom stereocenters. The third-order valence-corrected chi connectivity index (χ3v) is 5.70. The number of carbonyl (C=O) groups excluding carboxylic acids is 1. The first-order valence-corrected chi connectivity index (χ1v) is 10.8. The normalized spacial score (nSPS) is 14.6. The summed E-state index contributed by atoms with van der Waals surface area (Å²) in [6.45, 7) is -1.18. The second kappa shape index (κ2) is 7.97. The van der Waals surface area contributed by atoms with E-state index >= 15 is 0 Å². The van der Waals surface area contributed by atoms with Gasteiger partial charge in [0.25, 0.3) is 11.8 Å². The van der Waals surface area contributed by atoms with Crippen molar-refractivity contribution in [3.8, 4) is 22.6 Å². The van der Waals surface area contributed by atoms with Crippen LogP contribution in [0.15, 0.2) is 67.0 Å². The molecular formula is C24H18F2N8O. The number of nitrogens with zero attached hydrogens (tertiary/aromatic N) is 5. The van der Waals surface area contributed by atoms with Crippen molar-refractivity contribution in [3.05, 3.63) is 72.8 Å². The minimum absolute atomic E-state index is 0.0302. The van der Waals surface area contributed by atoms with Gasteiger partial charge < -0.3 is 15.2 Å². The lowest BCUT2D eigenvalue weighted by Crippen LogP contribution is -2.58. The van der Waals surface area contributed by atoms with Crippen molar-refractivity contribution in [1.29, 1.82) is 0 Å². The number of fused-ring (bicyclic) bond motifs is 1. The predicted octanol–water partition coefficient (Wildman–Crippen LogP) is 4.24. The molecular weight excluding hydrogens is 454 g/mol. The van der Waals surface area contributed by atoms with Crippen LogP contribution in [-0.2, 0) is 0 Å². The maximum absolute atomic E-state index is 13.1. The Morgan fingerprint density at radius 2 is 1.77 bits per heavy atom. The molecule has 1 amide bonds. The number of aromatic amines is 2. The molecule has 0 bridgehead atoms. The molecule has 174 valence electrons. The standard InChI is InChI=1S/C24H18F2N8O/c25-24(26)12-34(13-24)23(35)22-30-18-6-3-15(11-19(18)31-22)21-27-9-8-20(32-21)29-16-4-1-14(2-5-16)17-7-10-28-33-17/h1-11H,12-13H2,(H,28,33)(H,30,31)(H,27,29,32). The minimum atomic E-state index is -2.83. The van der Waals surface area contributed by atoms with Crippen molar-refractivity contribution in [3.63, 3.8) is 0 Å². The summed E-state index contributed by atoms with van der Waals surface area (Å²) in [6.07, 6.45) is 3.36. The lowest BCUT2D eigenvalue weighted by molar-refractivity contribution is -0.113. The van der Waals surface area contributed by atoms with Gasteiger partial charge in [-0.15, -0.1) is 0 Å². The number of imidazole rings is 1. The average molecular weight is 472 g/mol. The molecule has 0 saturated carbocycles. The van der Waals surface area contributed by atoms with Gasteiger partial charge in [0, 0.05) is 23.6 Å². The highest BCUT2D eigenvalue weighted by molar-refractivity contribution is 5.95. The van der Waals surface area contributed by atoms with E-state index in [0.717, 1.165) is 21.8 Å². The molecule has 5 aromatic rings. The molecule has 9 nitrogen and oxygen atoms in total. The Kier molecular flexibility index (Phi) is 4.76. The average Bonchev–Trinajstić information content (AvgIpc) is 3.52. The zero-order valence-corrected chi connectivity index (χ0v) is 18.2. The van der Waals surface area contributed by atoms with E-state index in [9.17, 15) is 13.6 Å². The number of anilines is 2. The van der Waals surface area contributed by atoms with Crippen LogP contribution in [0.5, 0.6) is 0 Å². The molecule has 0 aliphatic carbocycles. The predicted molar refractivity (Wildman–Crippen MR) is 125 cm³/mol. The van der Waals surface area contributed by atoms with E-state index in [1.807, 2.05) is 30.3 Å². The summed E-state index contributed by atoms with van der Waals surface area (Å²) in [6, 6.07) is 16.8. The van der Waals surface area contributed by atoms with Crippen molar-refractivity contribution >= 4 is 28.4 Å². The molecule has 11 heteroatoms. The van der Waals surface area contributed by atoms with Crippen LogP contribution in [0.1, 0.15) is 10.6 Å². The quantitative estimate of drug-likeness (QED) is 0.352. The van der Waals surface area contributed by atoms with Crippen LogP contribution in [0, 0.1) is 0 Å². The van der Waals surface area contributed by atoms with Gasteiger partial charge in [0.15, 0.2) is 11.6 Å². The summed E-state index contributed by atoms with van der Waals surface area (Å²) in [5.74, 6) is -2.25. The topological polar surface area (TPSA) is 115 Å². The van der Waals surface area contributed by atoms with Gasteiger partial charge in [0.05, 0.1) is 29.8 Å². The Morgan fingerprint density at radius 1 is 0.971 bits per heavy atom. The maximum atomic E-state index is 13.1. The fourth-order valence-electron chi connectivity index (χ4n) is 3.92. The number of hydrogen-bond acceptors (Lipinski definition) is 6. The van der Waals surface area contributed by atoms with Crippen LogP contribution in [-0.4, -0.2) is 60.0 Å². The molecule has 2 aromatic carbocycles. The third kappa shape index (κ3) is 4.07. The van der Waals surface area contributed by atoms with E-state index in [4.69, 9.17) is 0 Å². The maximum Gasteiger partial charge on any atom is 0.290 e. The Hall–Kier alpha value is -4.67. The summed E-state index contributed by atoms with van der Waals surface area (Å²) in [7, 11) is 0. The summed E-state index contributed by atoms with van der Waals surface area (Å²) in [4.78, 5) is 29.6. The van der Waals surface area contributed by atoms with Gasteiger partial charge in [-0.05, 0) is 48.0 Å². The highest BCUT2D eigenvalue weighted by Crippen LogP contribution is 2.29. The third-order valence-electron chi connectivity index (χ3n) is 5.70. The molecule has 3 aromatic heterocycles. The minimum Gasteiger partial charge on any atom is -0.340 e. The first kappa shape index (κ1) is 20.9. The van der Waals surface area contributed by atoms with E-state index in [1.165, 1.54) is 0 Å². The Labute approximate surface area is 197 Å². The number of amides is 1. The second-order valence-corrected chi connectivity index (χ2v) is 8.27. The fourth-order valence-corrected chi connectivity index (χ4v) is 3.92. The smallest absolute Gasteiger partial charge is 0.290 e. The number of likely N-dealkylation sites (tertiary alicyclic amines) is 1. The van der Waals surface area contributed by atoms with Crippen molar-refractivity contribution < 1.29 is 13.6 Å². The molecule has 0 spiro atoms. The van der Waals surface area contributed by atoms with Gasteiger partial charge in [0.2, 0.25) is 0 Å². The summed E-state index contributed by atoms with van der Waals surface area (Å²) < 4.78 is 26.2. The molecule has 0 radical (unpaired) electrons. The molecule has 1 aliphatic rings. The van der Waals surface area contributed by atoms with Gasteiger partial charge in [0.1, 0.15) is 5.82 Å². The molecule has 35 heavy (non-hydrogen) atoms. The second-order valence-electron chi connectivity index (χ2n) is 8.27. The number of halogens is 2. The highest BCUT2D eigenvalue weighted by Gasteiger charge is 2.47. The van der Waals surface area contributed by atoms with Gasteiger partial charge >= 0.3 is 0 Å². The number of hydrogen-bond donors (Lipinski definition) is 3. The van der Waals surface area contributed by atoms with Gasteiger partial charge in [-0.2, -0.15) is 5.10 Å². The van der Waals surface area contributed by atoms with E-state index < -0.39 is 24.9 Å². The summed E-state index contributed by atoms with van der Waals surface area (Å²) >= 11 is 0. The van der Waals surface area contributed by atoms with Crippen LogP contribution in [0.25, 0.3) is 33.7 Å². The summed E-state index contributed by atoms with van der Waals surface area (Å²) in [5, 5.41) is 10.2. The molecule has 3 N–H and O–H groups in total. The van der Waals surface area contributed by atoms with Crippen molar-refractivity contribution in [1.82, 2.24) is 35.0 Å². The zero-order chi connectivity index (χ0) is 24.0. The van der Waals surface area contributed by atoms with Crippen molar-refractivity contribution in [2.75, 3.05) is 18.4 Å². The molecule has 1 aliphatic heterocycles. The Morgan fingerprint density at radius 3 is 2.51 bits per heavy atom. The molecule has 1 fully saturated rings. The Balaban J connectivity index is 1.21. The van der Waals surface area contributed by atoms with Gasteiger partial charge in [-0.25, -0.2) is 23.7 Å². The zero-order valence-electron chi connectivity index (χ0n) is 18.2. The van der Waals surface area contributed by atoms with E-state index in [-0.39, 0.29) is 5.82 Å². The largest absolute Gasteiger partial charge is 0.340 e. The van der Waals surface area contributed by atoms with E-state index in [2.05, 4.69) is 35.5 Å². The number of alkyl halides is 2. The molecule has 6 rings (SSSR count). The van der Waals surface area contributed by atoms with Gasteiger partial charge in [-0.3, -0.25) is 9.89 Å². The highest BCUT2D eigenvalue weighted by atomic mass is 19.3. The van der Waals surface area contributed by atoms with Crippen LogP contribution in [0.3, 0.4) is 0 Å². The first-order valence-electron chi connectivity index (χ1n) is 10.8. The van der Waals surface area contributed by atoms with Crippen molar-refractivity contribution in [2.24, 2.45) is 0 Å². The van der Waals surface area contributed by atoms with E-state index in [1.54, 1.807) is 36.7 Å². The number of carbonyl (C=O) groups is 1. The SMILES string of the molecule is O=C(c1nc2ccc(-c3nccc(Nc4ccc(-c5ccn[nH]5)cc4)n3)cc2[nH]1)N1CC(F)(F)C1. The lowest BCUT2D eigenvalue weighted by Gasteiger charge is -2.37. The number of rotatable bonds is 5. The number of nitrogens with one attached hydrogen (secondary N) is 3. The van der Waals surface area contributed by atoms with E-state index in [0.29, 0.717) is 28.2 Å².